The number of anilines is 2. The highest BCUT2D eigenvalue weighted by molar-refractivity contribution is 5.80. The molecule has 3 rings (SSSR count). The van der Waals surface area contributed by atoms with Crippen LogP contribution in [0.3, 0.4) is 0 Å². The van der Waals surface area contributed by atoms with Crippen LogP contribution in [0.4, 0.5) is 11.6 Å². The normalized spacial score (nSPS) is 23.0. The average Bonchev–Trinajstić information content (AvgIpc) is 2.53. The van der Waals surface area contributed by atoms with E-state index in [-0.39, 0.29) is 24.9 Å². The Balaban J connectivity index is 2.03. The largest absolute Gasteiger partial charge is 0.394 e. The van der Waals surface area contributed by atoms with Crippen molar-refractivity contribution in [3.05, 3.63) is 24.3 Å². The molecule has 0 aliphatic carbocycles. The van der Waals surface area contributed by atoms with Gasteiger partial charge in [0, 0.05) is 19.1 Å². The summed E-state index contributed by atoms with van der Waals surface area (Å²) in [5.41, 5.74) is 1.72. The summed E-state index contributed by atoms with van der Waals surface area (Å²) in [5, 5.41) is 12.6. The lowest BCUT2D eigenvalue weighted by molar-refractivity contribution is -0.00541. The maximum absolute atomic E-state index is 9.35. The molecule has 0 amide bonds. The molecule has 1 aliphatic rings. The zero-order valence-corrected chi connectivity index (χ0v) is 13.9. The molecule has 1 aromatic heterocycles. The van der Waals surface area contributed by atoms with Gasteiger partial charge in [-0.3, -0.25) is 0 Å². The fraction of sp³-hybridized carbons (Fsp3) is 0.529. The molecule has 1 aliphatic heterocycles. The first-order valence-corrected chi connectivity index (χ1v) is 8.11. The summed E-state index contributed by atoms with van der Waals surface area (Å²) in [4.78, 5) is 11.8. The zero-order valence-electron chi connectivity index (χ0n) is 13.9. The number of ether oxygens (including phenoxy) is 1. The van der Waals surface area contributed by atoms with Crippen LogP contribution in [0, 0.1) is 0 Å². The summed E-state index contributed by atoms with van der Waals surface area (Å²) in [7, 11) is 0. The number of aliphatic hydroxyl groups is 1. The third-order valence-electron chi connectivity index (χ3n) is 3.93. The monoisotopic (exact) mass is 316 g/mol. The average molecular weight is 316 g/mol. The van der Waals surface area contributed by atoms with Crippen LogP contribution in [-0.4, -0.2) is 53.0 Å². The van der Waals surface area contributed by atoms with Gasteiger partial charge in [0.2, 0.25) is 0 Å². The highest BCUT2D eigenvalue weighted by Gasteiger charge is 2.26. The van der Waals surface area contributed by atoms with Gasteiger partial charge in [-0.25, -0.2) is 9.97 Å². The fourth-order valence-electron chi connectivity index (χ4n) is 2.94. The molecule has 124 valence electrons. The van der Waals surface area contributed by atoms with E-state index in [0.717, 1.165) is 29.9 Å². The van der Waals surface area contributed by atoms with Crippen LogP contribution in [0.1, 0.15) is 20.8 Å². The summed E-state index contributed by atoms with van der Waals surface area (Å²) in [6.45, 7) is 7.66. The van der Waals surface area contributed by atoms with E-state index < -0.39 is 0 Å². The van der Waals surface area contributed by atoms with Crippen LogP contribution >= 0.6 is 0 Å². The van der Waals surface area contributed by atoms with Crippen molar-refractivity contribution in [1.82, 2.24) is 9.97 Å². The summed E-state index contributed by atoms with van der Waals surface area (Å²) >= 11 is 0. The number of rotatable bonds is 4. The number of fused-ring (bicyclic) bond motifs is 1. The minimum Gasteiger partial charge on any atom is -0.394 e. The third kappa shape index (κ3) is 3.54. The van der Waals surface area contributed by atoms with Gasteiger partial charge in [0.05, 0.1) is 29.8 Å². The Morgan fingerprint density at radius 2 is 1.83 bits per heavy atom. The van der Waals surface area contributed by atoms with Gasteiger partial charge in [-0.2, -0.15) is 0 Å². The van der Waals surface area contributed by atoms with E-state index in [2.05, 4.69) is 24.1 Å². The maximum Gasteiger partial charge on any atom is 0.172 e. The minimum atomic E-state index is -0.0832. The molecule has 1 fully saturated rings. The van der Waals surface area contributed by atoms with E-state index in [0.29, 0.717) is 5.82 Å². The second kappa shape index (κ2) is 6.68. The molecule has 1 saturated heterocycles. The summed E-state index contributed by atoms with van der Waals surface area (Å²) < 4.78 is 5.82. The maximum atomic E-state index is 9.35. The number of aliphatic hydroxyl groups excluding tert-OH is 1. The molecule has 2 N–H and O–H groups in total. The predicted molar refractivity (Wildman–Crippen MR) is 91.9 cm³/mol. The van der Waals surface area contributed by atoms with E-state index in [4.69, 9.17) is 14.7 Å². The summed E-state index contributed by atoms with van der Waals surface area (Å²) in [6.07, 6.45) is 0.297. The first-order valence-electron chi connectivity index (χ1n) is 8.11. The fourth-order valence-corrected chi connectivity index (χ4v) is 2.94. The number of aromatic nitrogens is 2. The SMILES string of the molecule is C[C@H](CO)Nc1nc2ccccc2nc1N1C[C@@H](C)O[C@H](C)C1. The molecule has 2 aromatic rings. The molecule has 0 saturated carbocycles. The Labute approximate surface area is 136 Å². The Morgan fingerprint density at radius 3 is 2.43 bits per heavy atom. The molecule has 0 radical (unpaired) electrons. The van der Waals surface area contributed by atoms with Gasteiger partial charge in [0.25, 0.3) is 0 Å². The number of nitrogens with zero attached hydrogens (tertiary/aromatic N) is 3. The van der Waals surface area contributed by atoms with E-state index >= 15 is 0 Å². The van der Waals surface area contributed by atoms with Crippen LogP contribution in [0.5, 0.6) is 0 Å². The van der Waals surface area contributed by atoms with Crippen molar-refractivity contribution in [2.45, 2.75) is 39.0 Å². The predicted octanol–water partition coefficient (Wildman–Crippen LogP) is 2.04. The molecule has 0 bridgehead atoms. The van der Waals surface area contributed by atoms with Crippen LogP contribution in [0.15, 0.2) is 24.3 Å². The van der Waals surface area contributed by atoms with Crippen molar-refractivity contribution in [2.24, 2.45) is 0 Å². The lowest BCUT2D eigenvalue weighted by Crippen LogP contribution is -2.46. The van der Waals surface area contributed by atoms with Crippen molar-refractivity contribution in [2.75, 3.05) is 29.9 Å². The Morgan fingerprint density at radius 1 is 1.22 bits per heavy atom. The van der Waals surface area contributed by atoms with Gasteiger partial charge in [-0.15, -0.1) is 0 Å². The van der Waals surface area contributed by atoms with Crippen LogP contribution in [-0.2, 0) is 4.74 Å². The number of para-hydroxylation sites is 2. The molecule has 1 aromatic carbocycles. The molecule has 0 unspecified atom stereocenters. The number of nitrogens with one attached hydrogen (secondary N) is 1. The zero-order chi connectivity index (χ0) is 16.4. The van der Waals surface area contributed by atoms with Crippen molar-refractivity contribution in [1.29, 1.82) is 0 Å². The topological polar surface area (TPSA) is 70.5 Å². The van der Waals surface area contributed by atoms with E-state index in [9.17, 15) is 5.11 Å². The molecule has 3 atom stereocenters. The van der Waals surface area contributed by atoms with Gasteiger partial charge in [0.1, 0.15) is 0 Å². The Kier molecular flexibility index (Phi) is 4.63. The standard InChI is InChI=1S/C17H24N4O2/c1-11(10-22)18-16-17(21-8-12(2)23-13(3)9-21)20-15-7-5-4-6-14(15)19-16/h4-7,11-13,22H,8-10H2,1-3H3,(H,18,19)/t11-,12-,13-/m1/s1. The Bertz CT molecular complexity index is 669. The second-order valence-corrected chi connectivity index (χ2v) is 6.27. The minimum absolute atomic E-state index is 0.0455. The van der Waals surface area contributed by atoms with Crippen molar-refractivity contribution in [3.63, 3.8) is 0 Å². The quantitative estimate of drug-likeness (QED) is 0.899. The van der Waals surface area contributed by atoms with E-state index in [1.54, 1.807) is 0 Å². The third-order valence-corrected chi connectivity index (χ3v) is 3.93. The number of benzene rings is 1. The van der Waals surface area contributed by atoms with Crippen molar-refractivity contribution in [3.8, 4) is 0 Å². The van der Waals surface area contributed by atoms with Gasteiger partial charge in [-0.05, 0) is 32.9 Å². The van der Waals surface area contributed by atoms with Gasteiger partial charge >= 0.3 is 0 Å². The van der Waals surface area contributed by atoms with Crippen molar-refractivity contribution < 1.29 is 9.84 Å². The molecule has 0 spiro atoms. The van der Waals surface area contributed by atoms with Crippen LogP contribution in [0.2, 0.25) is 0 Å². The first-order chi connectivity index (χ1) is 11.1. The van der Waals surface area contributed by atoms with Gasteiger partial charge in [0.15, 0.2) is 11.6 Å². The van der Waals surface area contributed by atoms with E-state index in [1.165, 1.54) is 0 Å². The van der Waals surface area contributed by atoms with Gasteiger partial charge < -0.3 is 20.1 Å². The number of morpholine rings is 1. The van der Waals surface area contributed by atoms with Crippen molar-refractivity contribution >= 4 is 22.7 Å². The molecule has 23 heavy (non-hydrogen) atoms. The molecular formula is C17H24N4O2. The molecule has 6 heteroatoms. The second-order valence-electron chi connectivity index (χ2n) is 6.27. The Hall–Kier alpha value is -1.92. The van der Waals surface area contributed by atoms with Gasteiger partial charge in [-0.1, -0.05) is 12.1 Å². The number of hydrogen-bond acceptors (Lipinski definition) is 6. The smallest absolute Gasteiger partial charge is 0.172 e. The van der Waals surface area contributed by atoms with Crippen LogP contribution < -0.4 is 10.2 Å². The summed E-state index contributed by atoms with van der Waals surface area (Å²) in [6, 6.07) is 7.76. The first kappa shape index (κ1) is 16.0. The molecule has 6 nitrogen and oxygen atoms in total. The summed E-state index contributed by atoms with van der Waals surface area (Å²) in [5.74, 6) is 1.54. The highest BCUT2D eigenvalue weighted by Crippen LogP contribution is 2.28. The molecular weight excluding hydrogens is 292 g/mol. The lowest BCUT2D eigenvalue weighted by atomic mass is 10.2. The lowest BCUT2D eigenvalue weighted by Gasteiger charge is -2.36. The van der Waals surface area contributed by atoms with Crippen LogP contribution in [0.25, 0.3) is 11.0 Å². The van der Waals surface area contributed by atoms with E-state index in [1.807, 2.05) is 31.2 Å². The number of hydrogen-bond donors (Lipinski definition) is 2. The molecule has 2 heterocycles. The highest BCUT2D eigenvalue weighted by atomic mass is 16.5.